The Labute approximate surface area is 160 Å². The smallest absolute Gasteiger partial charge is 0.406 e. The summed E-state index contributed by atoms with van der Waals surface area (Å²) in [6.45, 7) is 3.49. The Hall–Kier alpha value is -2.78. The standard InChI is InChI=1S/C18H22F3N3O4/c1-10-5-4-6-14(11(10)2)28-12(3)16(26)22-23-17(27)13-7-15(25)24(8-13)9-18(19,20)21/h4-6,12-13H,7-9H2,1-3H3,(H,22,26)(H,23,27). The summed E-state index contributed by atoms with van der Waals surface area (Å²) in [6, 6.07) is 5.40. The number of likely N-dealkylation sites (tertiary alicyclic amines) is 1. The van der Waals surface area contributed by atoms with E-state index < -0.39 is 42.5 Å². The Morgan fingerprint density at radius 2 is 1.96 bits per heavy atom. The zero-order chi connectivity index (χ0) is 21.1. The van der Waals surface area contributed by atoms with E-state index in [1.54, 1.807) is 12.1 Å². The van der Waals surface area contributed by atoms with Crippen molar-refractivity contribution in [2.45, 2.75) is 39.5 Å². The maximum Gasteiger partial charge on any atom is 0.406 e. The van der Waals surface area contributed by atoms with Crippen molar-refractivity contribution in [3.63, 3.8) is 0 Å². The van der Waals surface area contributed by atoms with E-state index in [-0.39, 0.29) is 13.0 Å². The van der Waals surface area contributed by atoms with Crippen molar-refractivity contribution in [3.05, 3.63) is 29.3 Å². The van der Waals surface area contributed by atoms with Crippen molar-refractivity contribution in [2.24, 2.45) is 5.92 Å². The molecular weight excluding hydrogens is 379 g/mol. The van der Waals surface area contributed by atoms with Crippen LogP contribution in [0.2, 0.25) is 0 Å². The van der Waals surface area contributed by atoms with Crippen LogP contribution in [0.5, 0.6) is 5.75 Å². The molecule has 1 aromatic rings. The second-order valence-electron chi connectivity index (χ2n) is 6.73. The minimum atomic E-state index is -4.53. The SMILES string of the molecule is Cc1cccc(OC(C)C(=O)NNC(=O)C2CC(=O)N(CC(F)(F)F)C2)c1C. The number of carbonyl (C=O) groups excluding carboxylic acids is 3. The summed E-state index contributed by atoms with van der Waals surface area (Å²) in [5.41, 5.74) is 6.19. The van der Waals surface area contributed by atoms with Gasteiger partial charge in [-0.25, -0.2) is 0 Å². The van der Waals surface area contributed by atoms with Crippen LogP contribution in [0.4, 0.5) is 13.2 Å². The molecule has 0 saturated carbocycles. The maximum absolute atomic E-state index is 12.4. The zero-order valence-corrected chi connectivity index (χ0v) is 15.7. The van der Waals surface area contributed by atoms with E-state index in [0.717, 1.165) is 11.1 Å². The fraction of sp³-hybridized carbons (Fsp3) is 0.500. The number of hydrogen-bond acceptors (Lipinski definition) is 4. The van der Waals surface area contributed by atoms with Gasteiger partial charge in [0.1, 0.15) is 12.3 Å². The van der Waals surface area contributed by atoms with E-state index in [4.69, 9.17) is 4.74 Å². The molecule has 7 nitrogen and oxygen atoms in total. The van der Waals surface area contributed by atoms with Gasteiger partial charge in [0.15, 0.2) is 6.10 Å². The molecule has 2 N–H and O–H groups in total. The van der Waals surface area contributed by atoms with E-state index in [1.807, 2.05) is 19.9 Å². The molecule has 0 radical (unpaired) electrons. The van der Waals surface area contributed by atoms with Gasteiger partial charge in [-0.3, -0.25) is 25.2 Å². The summed E-state index contributed by atoms with van der Waals surface area (Å²) < 4.78 is 42.8. The quantitative estimate of drug-likeness (QED) is 0.735. The van der Waals surface area contributed by atoms with Crippen LogP contribution in [0.15, 0.2) is 18.2 Å². The fourth-order valence-electron chi connectivity index (χ4n) is 2.74. The molecule has 154 valence electrons. The molecule has 28 heavy (non-hydrogen) atoms. The molecule has 1 fully saturated rings. The van der Waals surface area contributed by atoms with Crippen molar-refractivity contribution in [1.29, 1.82) is 0 Å². The molecular formula is C18H22F3N3O4. The fourth-order valence-corrected chi connectivity index (χ4v) is 2.74. The summed E-state index contributed by atoms with van der Waals surface area (Å²) in [6.07, 6.45) is -5.80. The lowest BCUT2D eigenvalue weighted by Crippen LogP contribution is -2.49. The van der Waals surface area contributed by atoms with Crippen LogP contribution < -0.4 is 15.6 Å². The van der Waals surface area contributed by atoms with E-state index >= 15 is 0 Å². The second-order valence-corrected chi connectivity index (χ2v) is 6.73. The molecule has 1 heterocycles. The van der Waals surface area contributed by atoms with Gasteiger partial charge in [-0.2, -0.15) is 13.2 Å². The number of aryl methyl sites for hydroxylation is 1. The number of alkyl halides is 3. The molecule has 2 rings (SSSR count). The summed E-state index contributed by atoms with van der Waals surface area (Å²) in [4.78, 5) is 36.4. The van der Waals surface area contributed by atoms with Crippen LogP contribution >= 0.6 is 0 Å². The third kappa shape index (κ3) is 5.61. The van der Waals surface area contributed by atoms with E-state index in [1.165, 1.54) is 6.92 Å². The summed E-state index contributed by atoms with van der Waals surface area (Å²) >= 11 is 0. The summed E-state index contributed by atoms with van der Waals surface area (Å²) in [5, 5.41) is 0. The molecule has 2 atom stereocenters. The minimum Gasteiger partial charge on any atom is -0.481 e. The number of carbonyl (C=O) groups is 3. The van der Waals surface area contributed by atoms with E-state index in [0.29, 0.717) is 10.6 Å². The average molecular weight is 401 g/mol. The first-order valence-electron chi connectivity index (χ1n) is 8.65. The molecule has 1 aliphatic heterocycles. The molecule has 1 aliphatic rings. The lowest BCUT2D eigenvalue weighted by molar-refractivity contribution is -0.157. The highest BCUT2D eigenvalue weighted by atomic mass is 19.4. The molecule has 10 heteroatoms. The van der Waals surface area contributed by atoms with Gasteiger partial charge < -0.3 is 9.64 Å². The van der Waals surface area contributed by atoms with Gasteiger partial charge in [0.2, 0.25) is 11.8 Å². The molecule has 1 aromatic carbocycles. The summed E-state index contributed by atoms with van der Waals surface area (Å²) in [7, 11) is 0. The first-order valence-corrected chi connectivity index (χ1v) is 8.65. The summed E-state index contributed by atoms with van der Waals surface area (Å²) in [5.74, 6) is -2.56. The molecule has 0 aliphatic carbocycles. The van der Waals surface area contributed by atoms with Crippen LogP contribution in [0.1, 0.15) is 24.5 Å². The molecule has 0 spiro atoms. The Morgan fingerprint density at radius 1 is 1.29 bits per heavy atom. The largest absolute Gasteiger partial charge is 0.481 e. The zero-order valence-electron chi connectivity index (χ0n) is 15.7. The van der Waals surface area contributed by atoms with Crippen molar-refractivity contribution in [2.75, 3.05) is 13.1 Å². The highest BCUT2D eigenvalue weighted by molar-refractivity contribution is 5.91. The normalized spacial score (nSPS) is 18.0. The van der Waals surface area contributed by atoms with Crippen molar-refractivity contribution >= 4 is 17.7 Å². The number of rotatable bonds is 5. The highest BCUT2D eigenvalue weighted by Crippen LogP contribution is 2.24. The monoisotopic (exact) mass is 401 g/mol. The molecule has 2 unspecified atom stereocenters. The highest BCUT2D eigenvalue weighted by Gasteiger charge is 2.40. The first kappa shape index (κ1) is 21.5. The predicted octanol–water partition coefficient (Wildman–Crippen LogP) is 1.63. The molecule has 0 aromatic heterocycles. The van der Waals surface area contributed by atoms with Crippen molar-refractivity contribution in [3.8, 4) is 5.75 Å². The maximum atomic E-state index is 12.4. The van der Waals surface area contributed by atoms with Gasteiger partial charge in [0, 0.05) is 13.0 Å². The Bertz CT molecular complexity index is 767. The Kier molecular flexibility index (Phi) is 6.52. The van der Waals surface area contributed by atoms with Crippen LogP contribution in [0.3, 0.4) is 0 Å². The molecule has 3 amide bonds. The number of hydrazine groups is 1. The topological polar surface area (TPSA) is 87.7 Å². The number of amides is 3. The van der Waals surface area contributed by atoms with Crippen LogP contribution in [-0.4, -0.2) is 48.0 Å². The van der Waals surface area contributed by atoms with Gasteiger partial charge in [-0.05, 0) is 38.0 Å². The first-order chi connectivity index (χ1) is 13.0. The lowest BCUT2D eigenvalue weighted by atomic mass is 10.1. The number of nitrogens with one attached hydrogen (secondary N) is 2. The predicted molar refractivity (Wildman–Crippen MR) is 93.0 cm³/mol. The number of nitrogens with zero attached hydrogens (tertiary/aromatic N) is 1. The van der Waals surface area contributed by atoms with Gasteiger partial charge in [0.25, 0.3) is 5.91 Å². The van der Waals surface area contributed by atoms with Gasteiger partial charge in [0.05, 0.1) is 5.92 Å². The average Bonchev–Trinajstić information content (AvgIpc) is 2.95. The second kappa shape index (κ2) is 8.49. The van der Waals surface area contributed by atoms with Gasteiger partial charge in [-0.1, -0.05) is 12.1 Å². The van der Waals surface area contributed by atoms with Crippen LogP contribution in [0.25, 0.3) is 0 Å². The van der Waals surface area contributed by atoms with Crippen molar-refractivity contribution < 1.29 is 32.3 Å². The van der Waals surface area contributed by atoms with Crippen LogP contribution in [-0.2, 0) is 14.4 Å². The minimum absolute atomic E-state index is 0.341. The van der Waals surface area contributed by atoms with Crippen molar-refractivity contribution in [1.82, 2.24) is 15.8 Å². The third-order valence-corrected chi connectivity index (χ3v) is 4.49. The lowest BCUT2D eigenvalue weighted by Gasteiger charge is -2.19. The Balaban J connectivity index is 1.84. The molecule has 0 bridgehead atoms. The number of hydrogen-bond donors (Lipinski definition) is 2. The third-order valence-electron chi connectivity index (χ3n) is 4.49. The molecule has 1 saturated heterocycles. The van der Waals surface area contributed by atoms with Crippen LogP contribution in [0, 0.1) is 19.8 Å². The number of benzene rings is 1. The van der Waals surface area contributed by atoms with Gasteiger partial charge in [-0.15, -0.1) is 0 Å². The van der Waals surface area contributed by atoms with Gasteiger partial charge >= 0.3 is 6.18 Å². The number of ether oxygens (including phenoxy) is 1. The van der Waals surface area contributed by atoms with E-state index in [9.17, 15) is 27.6 Å². The number of halogens is 3. The Morgan fingerprint density at radius 3 is 2.61 bits per heavy atom. The van der Waals surface area contributed by atoms with E-state index in [2.05, 4.69) is 10.9 Å².